The lowest BCUT2D eigenvalue weighted by Gasteiger charge is -2.15. The number of aryl methyl sites for hydroxylation is 1. The minimum Gasteiger partial charge on any atom is -0.345 e. The van der Waals surface area contributed by atoms with Crippen molar-refractivity contribution in [1.82, 2.24) is 5.32 Å². The Bertz CT molecular complexity index is 783. The van der Waals surface area contributed by atoms with Crippen LogP contribution in [0.25, 0.3) is 0 Å². The lowest BCUT2D eigenvalue weighted by molar-refractivity contribution is -0.117. The van der Waals surface area contributed by atoms with Gasteiger partial charge in [-0.2, -0.15) is 0 Å². The normalized spacial score (nSPS) is 15.0. The molecule has 0 saturated heterocycles. The van der Waals surface area contributed by atoms with Crippen LogP contribution in [0.3, 0.4) is 0 Å². The summed E-state index contributed by atoms with van der Waals surface area (Å²) in [5.41, 5.74) is 1.74. The van der Waals surface area contributed by atoms with Gasteiger partial charge < -0.3 is 10.6 Å². The van der Waals surface area contributed by atoms with Gasteiger partial charge in [-0.25, -0.2) is 0 Å². The number of benzene rings is 1. The summed E-state index contributed by atoms with van der Waals surface area (Å²) in [5.74, 6) is 0.0365. The topological polar surface area (TPSA) is 58.2 Å². The lowest BCUT2D eigenvalue weighted by atomic mass is 10.1. The van der Waals surface area contributed by atoms with Gasteiger partial charge in [0, 0.05) is 10.9 Å². The Hall–Kier alpha value is -1.85. The molecule has 1 fully saturated rings. The molecule has 4 nitrogen and oxygen atoms in total. The number of thiophene rings is 1. The molecule has 6 heteroatoms. The largest absolute Gasteiger partial charge is 0.345 e. The fourth-order valence-electron chi connectivity index (χ4n) is 2.50. The van der Waals surface area contributed by atoms with Crippen LogP contribution in [-0.4, -0.2) is 11.8 Å². The number of hydrogen-bond acceptors (Lipinski definition) is 3. The second-order valence-electron chi connectivity index (χ2n) is 6.10. The van der Waals surface area contributed by atoms with Gasteiger partial charge >= 0.3 is 0 Å². The molecular formula is C18H19ClN2O2S. The Balaban J connectivity index is 1.69. The number of amides is 2. The quantitative estimate of drug-likeness (QED) is 0.819. The molecule has 3 rings (SSSR count). The van der Waals surface area contributed by atoms with Gasteiger partial charge in [0.25, 0.3) is 5.91 Å². The van der Waals surface area contributed by atoms with Gasteiger partial charge in [-0.05, 0) is 49.9 Å². The SMILES string of the molecule is Cc1cc(NC(=O)C2CC2)sc1C(=O)NC(C)c1ccccc1Cl. The van der Waals surface area contributed by atoms with E-state index in [0.717, 1.165) is 29.0 Å². The predicted octanol–water partition coefficient (Wildman–Crippen LogP) is 4.55. The standard InChI is InChI=1S/C18H19ClN2O2S/c1-10-9-15(21-17(22)12-7-8-12)24-16(10)18(23)20-11(2)13-5-3-4-6-14(13)19/h3-6,9,11-12H,7-8H2,1-2H3,(H,20,23)(H,21,22). The Morgan fingerprint density at radius 2 is 2.00 bits per heavy atom. The molecule has 1 aromatic carbocycles. The summed E-state index contributed by atoms with van der Waals surface area (Å²) < 4.78 is 0. The zero-order valence-corrected chi connectivity index (χ0v) is 15.1. The van der Waals surface area contributed by atoms with Crippen molar-refractivity contribution < 1.29 is 9.59 Å². The van der Waals surface area contributed by atoms with Crippen LogP contribution in [0.1, 0.15) is 46.6 Å². The number of rotatable bonds is 5. The second-order valence-corrected chi connectivity index (χ2v) is 7.56. The van der Waals surface area contributed by atoms with E-state index in [2.05, 4.69) is 10.6 Å². The van der Waals surface area contributed by atoms with Crippen molar-refractivity contribution >= 4 is 39.8 Å². The molecule has 0 bridgehead atoms. The van der Waals surface area contributed by atoms with Crippen LogP contribution in [0.4, 0.5) is 5.00 Å². The van der Waals surface area contributed by atoms with Gasteiger partial charge in [0.15, 0.2) is 0 Å². The van der Waals surface area contributed by atoms with Crippen LogP contribution in [0.5, 0.6) is 0 Å². The summed E-state index contributed by atoms with van der Waals surface area (Å²) in [6.07, 6.45) is 1.91. The van der Waals surface area contributed by atoms with Crippen molar-refractivity contribution in [3.8, 4) is 0 Å². The first-order chi connectivity index (χ1) is 11.5. The number of hydrogen-bond donors (Lipinski definition) is 2. The van der Waals surface area contributed by atoms with Crippen molar-refractivity contribution in [1.29, 1.82) is 0 Å². The van der Waals surface area contributed by atoms with E-state index in [0.29, 0.717) is 9.90 Å². The Morgan fingerprint density at radius 3 is 2.67 bits per heavy atom. The number of carbonyl (C=O) groups is 2. The van der Waals surface area contributed by atoms with E-state index in [1.54, 1.807) is 6.07 Å². The van der Waals surface area contributed by atoms with Gasteiger partial charge in [0.1, 0.15) is 0 Å². The summed E-state index contributed by atoms with van der Waals surface area (Å²) in [4.78, 5) is 25.0. The summed E-state index contributed by atoms with van der Waals surface area (Å²) in [6, 6.07) is 9.11. The first kappa shape index (κ1) is 17.0. The van der Waals surface area contributed by atoms with Gasteiger partial charge in [-0.15, -0.1) is 11.3 Å². The van der Waals surface area contributed by atoms with E-state index in [-0.39, 0.29) is 23.8 Å². The van der Waals surface area contributed by atoms with Crippen LogP contribution < -0.4 is 10.6 Å². The monoisotopic (exact) mass is 362 g/mol. The third-order valence-corrected chi connectivity index (χ3v) is 5.53. The van der Waals surface area contributed by atoms with Gasteiger partial charge in [-0.3, -0.25) is 9.59 Å². The molecule has 1 aliphatic carbocycles. The van der Waals surface area contributed by atoms with E-state index >= 15 is 0 Å². The minimum atomic E-state index is -0.197. The van der Waals surface area contributed by atoms with Gasteiger partial charge in [-0.1, -0.05) is 29.8 Å². The highest BCUT2D eigenvalue weighted by Gasteiger charge is 2.30. The highest BCUT2D eigenvalue weighted by molar-refractivity contribution is 7.18. The predicted molar refractivity (Wildman–Crippen MR) is 97.7 cm³/mol. The molecule has 2 aromatic rings. The zero-order chi connectivity index (χ0) is 17.3. The van der Waals surface area contributed by atoms with Crippen molar-refractivity contribution in [2.45, 2.75) is 32.7 Å². The summed E-state index contributed by atoms with van der Waals surface area (Å²) in [5, 5.41) is 7.22. The Labute approximate surface area is 150 Å². The molecule has 126 valence electrons. The van der Waals surface area contributed by atoms with Gasteiger partial charge in [0.05, 0.1) is 15.9 Å². The number of anilines is 1. The highest BCUT2D eigenvalue weighted by Crippen LogP contribution is 2.33. The number of nitrogens with one attached hydrogen (secondary N) is 2. The van der Waals surface area contributed by atoms with Crippen LogP contribution in [0.15, 0.2) is 30.3 Å². The first-order valence-electron chi connectivity index (χ1n) is 7.92. The molecule has 2 N–H and O–H groups in total. The Morgan fingerprint density at radius 1 is 1.29 bits per heavy atom. The van der Waals surface area contributed by atoms with Crippen LogP contribution in [0.2, 0.25) is 5.02 Å². The summed E-state index contributed by atoms with van der Waals surface area (Å²) in [7, 11) is 0. The van der Waals surface area contributed by atoms with Crippen molar-refractivity contribution in [3.63, 3.8) is 0 Å². The maximum absolute atomic E-state index is 12.5. The zero-order valence-electron chi connectivity index (χ0n) is 13.6. The third-order valence-electron chi connectivity index (χ3n) is 4.04. The lowest BCUT2D eigenvalue weighted by Crippen LogP contribution is -2.26. The van der Waals surface area contributed by atoms with E-state index in [1.807, 2.05) is 38.1 Å². The summed E-state index contributed by atoms with van der Waals surface area (Å²) >= 11 is 7.49. The van der Waals surface area contributed by atoms with Gasteiger partial charge in [0.2, 0.25) is 5.91 Å². The maximum atomic E-state index is 12.5. The maximum Gasteiger partial charge on any atom is 0.262 e. The van der Waals surface area contributed by atoms with Crippen LogP contribution in [-0.2, 0) is 4.79 Å². The third kappa shape index (κ3) is 3.79. The van der Waals surface area contributed by atoms with E-state index < -0.39 is 0 Å². The van der Waals surface area contributed by atoms with Crippen molar-refractivity contribution in [2.24, 2.45) is 5.92 Å². The molecule has 1 aliphatic rings. The average Bonchev–Trinajstić information content (AvgIpc) is 3.32. The highest BCUT2D eigenvalue weighted by atomic mass is 35.5. The average molecular weight is 363 g/mol. The van der Waals surface area contributed by atoms with Crippen LogP contribution in [0, 0.1) is 12.8 Å². The van der Waals surface area contributed by atoms with Crippen LogP contribution >= 0.6 is 22.9 Å². The molecule has 1 heterocycles. The van der Waals surface area contributed by atoms with Crippen molar-refractivity contribution in [3.05, 3.63) is 51.4 Å². The molecule has 1 aromatic heterocycles. The van der Waals surface area contributed by atoms with E-state index in [9.17, 15) is 9.59 Å². The molecule has 0 aliphatic heterocycles. The molecular weight excluding hydrogens is 344 g/mol. The Kier molecular flexibility index (Phi) is 4.92. The van der Waals surface area contributed by atoms with E-state index in [4.69, 9.17) is 11.6 Å². The van der Waals surface area contributed by atoms with E-state index in [1.165, 1.54) is 11.3 Å². The molecule has 0 radical (unpaired) electrons. The molecule has 1 saturated carbocycles. The smallest absolute Gasteiger partial charge is 0.262 e. The minimum absolute atomic E-state index is 0.0487. The first-order valence-corrected chi connectivity index (χ1v) is 9.11. The fourth-order valence-corrected chi connectivity index (χ4v) is 3.78. The summed E-state index contributed by atoms with van der Waals surface area (Å²) in [6.45, 7) is 3.77. The number of halogens is 1. The molecule has 0 spiro atoms. The molecule has 1 atom stereocenters. The fraction of sp³-hybridized carbons (Fsp3) is 0.333. The molecule has 1 unspecified atom stereocenters. The molecule has 24 heavy (non-hydrogen) atoms. The number of carbonyl (C=O) groups excluding carboxylic acids is 2. The van der Waals surface area contributed by atoms with Crippen molar-refractivity contribution in [2.75, 3.05) is 5.32 Å². The second kappa shape index (κ2) is 6.95. The molecule has 2 amide bonds.